The van der Waals surface area contributed by atoms with E-state index in [1.54, 1.807) is 14.2 Å². The lowest BCUT2D eigenvalue weighted by atomic mass is 10.0. The average molecular weight is 251 g/mol. The maximum absolute atomic E-state index is 5.46. The summed E-state index contributed by atoms with van der Waals surface area (Å²) in [5.41, 5.74) is 1.21. The van der Waals surface area contributed by atoms with Crippen molar-refractivity contribution in [1.29, 1.82) is 0 Å². The third kappa shape index (κ3) is 3.91. The lowest BCUT2D eigenvalue weighted by molar-refractivity contribution is 0.382. The van der Waals surface area contributed by atoms with Crippen molar-refractivity contribution >= 4 is 0 Å². The first-order valence-corrected chi connectivity index (χ1v) is 6.72. The van der Waals surface area contributed by atoms with E-state index < -0.39 is 0 Å². The summed E-state index contributed by atoms with van der Waals surface area (Å²) in [4.78, 5) is 0. The van der Waals surface area contributed by atoms with Gasteiger partial charge in [-0.3, -0.25) is 0 Å². The highest BCUT2D eigenvalue weighted by Crippen LogP contribution is 2.30. The number of ether oxygens (including phenoxy) is 2. The number of hydrogen-bond donors (Lipinski definition) is 1. The fraction of sp³-hybridized carbons (Fsp3) is 0.600. The molecule has 0 spiro atoms. The minimum absolute atomic E-state index is 0.345. The van der Waals surface area contributed by atoms with Gasteiger partial charge in [0, 0.05) is 17.7 Å². The minimum atomic E-state index is 0.345. The summed E-state index contributed by atoms with van der Waals surface area (Å²) in [5.74, 6) is 1.73. The van der Waals surface area contributed by atoms with Crippen LogP contribution in [0, 0.1) is 0 Å². The summed E-state index contributed by atoms with van der Waals surface area (Å²) in [6.07, 6.45) is 3.46. The smallest absolute Gasteiger partial charge is 0.127 e. The second-order valence-electron chi connectivity index (χ2n) is 4.38. The number of benzene rings is 1. The van der Waals surface area contributed by atoms with Crippen molar-refractivity contribution in [3.63, 3.8) is 0 Å². The van der Waals surface area contributed by atoms with Crippen LogP contribution in [0.25, 0.3) is 0 Å². The third-order valence-electron chi connectivity index (χ3n) is 3.15. The molecule has 0 fully saturated rings. The molecule has 0 bridgehead atoms. The summed E-state index contributed by atoms with van der Waals surface area (Å²) >= 11 is 0. The zero-order chi connectivity index (χ0) is 13.4. The molecule has 18 heavy (non-hydrogen) atoms. The van der Waals surface area contributed by atoms with E-state index in [1.807, 2.05) is 12.1 Å². The summed E-state index contributed by atoms with van der Waals surface area (Å²) in [7, 11) is 3.38. The van der Waals surface area contributed by atoms with Crippen LogP contribution in [-0.2, 0) is 0 Å². The van der Waals surface area contributed by atoms with Gasteiger partial charge < -0.3 is 14.8 Å². The zero-order valence-electron chi connectivity index (χ0n) is 12.0. The van der Waals surface area contributed by atoms with Crippen LogP contribution >= 0.6 is 0 Å². The largest absolute Gasteiger partial charge is 0.497 e. The van der Waals surface area contributed by atoms with Gasteiger partial charge in [0.1, 0.15) is 11.5 Å². The molecule has 1 N–H and O–H groups in total. The molecular weight excluding hydrogens is 226 g/mol. The Morgan fingerprint density at radius 3 is 2.50 bits per heavy atom. The SMILES string of the molecule is CCCCN[C@@H](CC)c1ccc(OC)cc1OC. The van der Waals surface area contributed by atoms with E-state index in [0.29, 0.717) is 6.04 Å². The highest BCUT2D eigenvalue weighted by Gasteiger charge is 2.14. The second kappa shape index (κ2) is 7.98. The molecular formula is C15H25NO2. The van der Waals surface area contributed by atoms with Crippen molar-refractivity contribution in [1.82, 2.24) is 5.32 Å². The van der Waals surface area contributed by atoms with E-state index in [1.165, 1.54) is 18.4 Å². The van der Waals surface area contributed by atoms with Crippen molar-refractivity contribution in [2.75, 3.05) is 20.8 Å². The molecule has 1 aromatic carbocycles. The van der Waals surface area contributed by atoms with Crippen LogP contribution in [0.3, 0.4) is 0 Å². The van der Waals surface area contributed by atoms with E-state index in [9.17, 15) is 0 Å². The monoisotopic (exact) mass is 251 g/mol. The Morgan fingerprint density at radius 1 is 1.17 bits per heavy atom. The van der Waals surface area contributed by atoms with Gasteiger partial charge in [-0.15, -0.1) is 0 Å². The van der Waals surface area contributed by atoms with Crippen molar-refractivity contribution in [3.05, 3.63) is 23.8 Å². The van der Waals surface area contributed by atoms with Gasteiger partial charge in [0.25, 0.3) is 0 Å². The quantitative estimate of drug-likeness (QED) is 0.717. The van der Waals surface area contributed by atoms with E-state index in [-0.39, 0.29) is 0 Å². The summed E-state index contributed by atoms with van der Waals surface area (Å²) in [6.45, 7) is 5.44. The first kappa shape index (κ1) is 14.8. The van der Waals surface area contributed by atoms with Crippen molar-refractivity contribution < 1.29 is 9.47 Å². The number of methoxy groups -OCH3 is 2. The van der Waals surface area contributed by atoms with Crippen LogP contribution in [0.15, 0.2) is 18.2 Å². The molecule has 0 saturated carbocycles. The van der Waals surface area contributed by atoms with Gasteiger partial charge in [-0.25, -0.2) is 0 Å². The van der Waals surface area contributed by atoms with Crippen LogP contribution < -0.4 is 14.8 Å². The van der Waals surface area contributed by atoms with Gasteiger partial charge in [-0.05, 0) is 25.5 Å². The molecule has 3 nitrogen and oxygen atoms in total. The molecule has 0 aliphatic carbocycles. The Kier molecular flexibility index (Phi) is 6.58. The van der Waals surface area contributed by atoms with Gasteiger partial charge in [0.2, 0.25) is 0 Å². The molecule has 0 aromatic heterocycles. The third-order valence-corrected chi connectivity index (χ3v) is 3.15. The maximum atomic E-state index is 5.46. The Balaban J connectivity index is 2.83. The minimum Gasteiger partial charge on any atom is -0.497 e. The van der Waals surface area contributed by atoms with Gasteiger partial charge in [-0.2, -0.15) is 0 Å². The first-order chi connectivity index (χ1) is 8.76. The number of nitrogens with one attached hydrogen (secondary N) is 1. The number of unbranched alkanes of at least 4 members (excludes halogenated alkanes) is 1. The Labute approximate surface area is 110 Å². The second-order valence-corrected chi connectivity index (χ2v) is 4.38. The standard InChI is InChI=1S/C15H25NO2/c1-5-7-10-16-14(6-2)13-9-8-12(17-3)11-15(13)18-4/h8-9,11,14,16H,5-7,10H2,1-4H3/t14-/m0/s1. The van der Waals surface area contributed by atoms with Gasteiger partial charge in [0.15, 0.2) is 0 Å². The molecule has 3 heteroatoms. The average Bonchev–Trinajstić information content (AvgIpc) is 2.43. The van der Waals surface area contributed by atoms with Crippen molar-refractivity contribution in [2.24, 2.45) is 0 Å². The molecule has 102 valence electrons. The normalized spacial score (nSPS) is 12.2. The number of rotatable bonds is 8. The molecule has 1 rings (SSSR count). The van der Waals surface area contributed by atoms with Gasteiger partial charge >= 0.3 is 0 Å². The van der Waals surface area contributed by atoms with Crippen LogP contribution in [0.1, 0.15) is 44.7 Å². The lowest BCUT2D eigenvalue weighted by Crippen LogP contribution is -2.22. The van der Waals surface area contributed by atoms with Crippen molar-refractivity contribution in [3.8, 4) is 11.5 Å². The highest BCUT2D eigenvalue weighted by molar-refractivity contribution is 5.42. The Hall–Kier alpha value is -1.22. The topological polar surface area (TPSA) is 30.5 Å². The fourth-order valence-corrected chi connectivity index (χ4v) is 2.03. The van der Waals surface area contributed by atoms with Crippen LogP contribution in [0.5, 0.6) is 11.5 Å². The van der Waals surface area contributed by atoms with E-state index >= 15 is 0 Å². The number of hydrogen-bond acceptors (Lipinski definition) is 3. The predicted molar refractivity (Wildman–Crippen MR) is 75.5 cm³/mol. The van der Waals surface area contributed by atoms with E-state index in [0.717, 1.165) is 24.5 Å². The van der Waals surface area contributed by atoms with Gasteiger partial charge in [0.05, 0.1) is 14.2 Å². The molecule has 1 aromatic rings. The molecule has 0 radical (unpaired) electrons. The zero-order valence-corrected chi connectivity index (χ0v) is 12.0. The molecule has 0 aliphatic rings. The lowest BCUT2D eigenvalue weighted by Gasteiger charge is -2.20. The summed E-state index contributed by atoms with van der Waals surface area (Å²) in [6, 6.07) is 6.36. The molecule has 0 unspecified atom stereocenters. The first-order valence-electron chi connectivity index (χ1n) is 6.72. The molecule has 1 atom stereocenters. The van der Waals surface area contributed by atoms with E-state index in [2.05, 4.69) is 25.2 Å². The predicted octanol–water partition coefficient (Wildman–Crippen LogP) is 3.54. The molecule has 0 heterocycles. The van der Waals surface area contributed by atoms with Crippen LogP contribution in [0.2, 0.25) is 0 Å². The highest BCUT2D eigenvalue weighted by atomic mass is 16.5. The summed E-state index contributed by atoms with van der Waals surface area (Å²) < 4.78 is 10.7. The van der Waals surface area contributed by atoms with E-state index in [4.69, 9.17) is 9.47 Å². The molecule has 0 saturated heterocycles. The Morgan fingerprint density at radius 2 is 1.94 bits per heavy atom. The molecule has 0 aliphatic heterocycles. The van der Waals surface area contributed by atoms with Crippen LogP contribution in [-0.4, -0.2) is 20.8 Å². The fourth-order valence-electron chi connectivity index (χ4n) is 2.03. The van der Waals surface area contributed by atoms with Gasteiger partial charge in [-0.1, -0.05) is 26.3 Å². The maximum Gasteiger partial charge on any atom is 0.127 e. The van der Waals surface area contributed by atoms with Crippen LogP contribution in [0.4, 0.5) is 0 Å². The summed E-state index contributed by atoms with van der Waals surface area (Å²) in [5, 5.41) is 3.58. The molecule has 0 amide bonds. The van der Waals surface area contributed by atoms with Crippen molar-refractivity contribution in [2.45, 2.75) is 39.2 Å². The Bertz CT molecular complexity index is 352.